The third-order valence-corrected chi connectivity index (χ3v) is 4.41. The van der Waals surface area contributed by atoms with Crippen molar-refractivity contribution in [1.29, 1.82) is 0 Å². The molecule has 0 radical (unpaired) electrons. The summed E-state index contributed by atoms with van der Waals surface area (Å²) in [6.45, 7) is 8.77. The van der Waals surface area contributed by atoms with Crippen molar-refractivity contribution in [2.45, 2.75) is 52.7 Å². The summed E-state index contributed by atoms with van der Waals surface area (Å²) < 4.78 is 7.40. The van der Waals surface area contributed by atoms with Crippen LogP contribution in [-0.4, -0.2) is 34.6 Å². The molecule has 2 aromatic rings. The second-order valence-electron chi connectivity index (χ2n) is 6.87. The number of ether oxygens (including phenoxy) is 1. The lowest BCUT2D eigenvalue weighted by Crippen LogP contribution is -2.43. The zero-order valence-corrected chi connectivity index (χ0v) is 15.3. The number of anilines is 1. The molecule has 3 rings (SSSR count). The van der Waals surface area contributed by atoms with Gasteiger partial charge in [-0.05, 0) is 63.8 Å². The Kier molecular flexibility index (Phi) is 5.08. The van der Waals surface area contributed by atoms with Crippen molar-refractivity contribution in [1.82, 2.24) is 15.1 Å². The fraction of sp³-hybridized carbons (Fsp3) is 0.474. The molecule has 0 aliphatic carbocycles. The topological polar surface area (TPSA) is 68.2 Å². The van der Waals surface area contributed by atoms with E-state index in [0.717, 1.165) is 42.0 Å². The van der Waals surface area contributed by atoms with Gasteiger partial charge in [-0.3, -0.25) is 5.32 Å². The molecule has 6 nitrogen and oxygen atoms in total. The van der Waals surface area contributed by atoms with Crippen LogP contribution in [0.2, 0.25) is 0 Å². The molecule has 1 aromatic carbocycles. The minimum Gasteiger partial charge on any atom is -0.376 e. The van der Waals surface area contributed by atoms with Gasteiger partial charge < -0.3 is 10.1 Å². The molecule has 6 heteroatoms. The number of nitrogens with zero attached hydrogens (tertiary/aromatic N) is 2. The van der Waals surface area contributed by atoms with Gasteiger partial charge in [0.05, 0.1) is 23.5 Å². The van der Waals surface area contributed by atoms with Crippen LogP contribution < -0.4 is 10.6 Å². The van der Waals surface area contributed by atoms with E-state index in [0.29, 0.717) is 5.82 Å². The molecule has 1 aliphatic rings. The number of nitrogens with one attached hydrogen (secondary N) is 2. The van der Waals surface area contributed by atoms with Crippen LogP contribution >= 0.6 is 0 Å². The van der Waals surface area contributed by atoms with Crippen LogP contribution in [0.5, 0.6) is 0 Å². The highest BCUT2D eigenvalue weighted by Gasteiger charge is 2.24. The lowest BCUT2D eigenvalue weighted by atomic mass is 10.1. The molecule has 1 saturated heterocycles. The van der Waals surface area contributed by atoms with Gasteiger partial charge in [-0.15, -0.1) is 0 Å². The fourth-order valence-electron chi connectivity index (χ4n) is 3.31. The summed E-state index contributed by atoms with van der Waals surface area (Å²) in [5, 5.41) is 10.4. The van der Waals surface area contributed by atoms with Gasteiger partial charge >= 0.3 is 6.03 Å². The highest BCUT2D eigenvalue weighted by atomic mass is 16.5. The second-order valence-corrected chi connectivity index (χ2v) is 6.87. The lowest BCUT2D eigenvalue weighted by molar-refractivity contribution is 0.0868. The highest BCUT2D eigenvalue weighted by Crippen LogP contribution is 2.20. The first-order valence-electron chi connectivity index (χ1n) is 8.77. The highest BCUT2D eigenvalue weighted by molar-refractivity contribution is 5.89. The average molecular weight is 342 g/mol. The van der Waals surface area contributed by atoms with Crippen molar-refractivity contribution in [3.8, 4) is 5.69 Å². The quantitative estimate of drug-likeness (QED) is 0.894. The van der Waals surface area contributed by atoms with Crippen molar-refractivity contribution < 1.29 is 9.53 Å². The molecule has 25 heavy (non-hydrogen) atoms. The van der Waals surface area contributed by atoms with E-state index in [2.05, 4.69) is 47.8 Å². The van der Waals surface area contributed by atoms with Crippen LogP contribution in [0.4, 0.5) is 10.6 Å². The number of amides is 2. The third-order valence-electron chi connectivity index (χ3n) is 4.41. The van der Waals surface area contributed by atoms with E-state index in [1.54, 1.807) is 4.68 Å². The van der Waals surface area contributed by atoms with Gasteiger partial charge in [0.2, 0.25) is 0 Å². The summed E-state index contributed by atoms with van der Waals surface area (Å²) in [5.41, 5.74) is 4.10. The number of carbonyl (C=O) groups is 1. The minimum atomic E-state index is -0.242. The first-order valence-corrected chi connectivity index (χ1v) is 8.77. The minimum absolute atomic E-state index is 0.0267. The molecule has 2 amide bonds. The van der Waals surface area contributed by atoms with E-state index in [4.69, 9.17) is 4.74 Å². The Balaban J connectivity index is 1.75. The Morgan fingerprint density at radius 2 is 1.96 bits per heavy atom. The Morgan fingerprint density at radius 3 is 2.60 bits per heavy atom. The van der Waals surface area contributed by atoms with Gasteiger partial charge in [0, 0.05) is 12.7 Å². The number of hydrogen-bond acceptors (Lipinski definition) is 3. The van der Waals surface area contributed by atoms with E-state index in [9.17, 15) is 4.79 Å². The maximum atomic E-state index is 12.4. The first kappa shape index (κ1) is 17.5. The van der Waals surface area contributed by atoms with Crippen LogP contribution in [0, 0.1) is 20.8 Å². The number of carbonyl (C=O) groups excluding carboxylic acids is 1. The van der Waals surface area contributed by atoms with Crippen molar-refractivity contribution in [2.75, 3.05) is 11.9 Å². The second kappa shape index (κ2) is 7.27. The summed E-state index contributed by atoms with van der Waals surface area (Å²) in [6.07, 6.45) is 2.13. The molecule has 2 atom stereocenters. The molecular weight excluding hydrogens is 316 g/mol. The molecule has 0 bridgehead atoms. The molecule has 0 saturated carbocycles. The molecule has 2 N–H and O–H groups in total. The van der Waals surface area contributed by atoms with Gasteiger partial charge in [-0.2, -0.15) is 5.10 Å². The number of benzene rings is 1. The van der Waals surface area contributed by atoms with Gasteiger partial charge in [0.15, 0.2) is 0 Å². The number of urea groups is 1. The summed E-state index contributed by atoms with van der Waals surface area (Å²) in [5.74, 6) is 0.652. The Bertz CT molecular complexity index is 743. The van der Waals surface area contributed by atoms with Gasteiger partial charge in [-0.25, -0.2) is 9.48 Å². The van der Waals surface area contributed by atoms with Crippen molar-refractivity contribution in [2.24, 2.45) is 0 Å². The van der Waals surface area contributed by atoms with Crippen LogP contribution in [-0.2, 0) is 4.74 Å². The monoisotopic (exact) mass is 342 g/mol. The largest absolute Gasteiger partial charge is 0.376 e. The maximum Gasteiger partial charge on any atom is 0.320 e. The molecule has 2 unspecified atom stereocenters. The molecule has 0 spiro atoms. The standard InChI is InChI=1S/C19H26N4O2/c1-12-8-13(2)10-16(9-12)23-18(11-14(3)22-23)21-19(24)20-15(4)17-6-5-7-25-17/h8-11,15,17H,5-7H2,1-4H3,(H2,20,21,24). The van der Waals surface area contributed by atoms with E-state index in [-0.39, 0.29) is 18.2 Å². The van der Waals surface area contributed by atoms with E-state index >= 15 is 0 Å². The Hall–Kier alpha value is -2.34. The first-order chi connectivity index (χ1) is 11.9. The smallest absolute Gasteiger partial charge is 0.320 e. The van der Waals surface area contributed by atoms with Crippen LogP contribution in [0.1, 0.15) is 36.6 Å². The average Bonchev–Trinajstić information content (AvgIpc) is 3.16. The Morgan fingerprint density at radius 1 is 1.24 bits per heavy atom. The van der Waals surface area contributed by atoms with Crippen LogP contribution in [0.25, 0.3) is 5.69 Å². The number of aromatic nitrogens is 2. The lowest BCUT2D eigenvalue weighted by Gasteiger charge is -2.20. The molecule has 134 valence electrons. The normalized spacial score (nSPS) is 18.2. The van der Waals surface area contributed by atoms with Gasteiger partial charge in [0.25, 0.3) is 0 Å². The molecule has 1 aromatic heterocycles. The summed E-state index contributed by atoms with van der Waals surface area (Å²) in [6, 6.07) is 7.82. The molecule has 1 aliphatic heterocycles. The third kappa shape index (κ3) is 4.20. The maximum absolute atomic E-state index is 12.4. The van der Waals surface area contributed by atoms with Crippen LogP contribution in [0.15, 0.2) is 24.3 Å². The number of aryl methyl sites for hydroxylation is 3. The van der Waals surface area contributed by atoms with Crippen molar-refractivity contribution >= 4 is 11.8 Å². The fourth-order valence-corrected chi connectivity index (χ4v) is 3.31. The SMILES string of the molecule is Cc1cc(C)cc(-n2nc(C)cc2NC(=O)NC(C)C2CCCO2)c1. The zero-order valence-electron chi connectivity index (χ0n) is 15.3. The van der Waals surface area contributed by atoms with Gasteiger partial charge in [-0.1, -0.05) is 6.07 Å². The predicted molar refractivity (Wildman–Crippen MR) is 98.4 cm³/mol. The van der Waals surface area contributed by atoms with Gasteiger partial charge in [0.1, 0.15) is 5.82 Å². The van der Waals surface area contributed by atoms with E-state index in [1.165, 1.54) is 0 Å². The zero-order chi connectivity index (χ0) is 18.0. The summed E-state index contributed by atoms with van der Waals surface area (Å²) in [7, 11) is 0. The number of hydrogen-bond donors (Lipinski definition) is 2. The van der Waals surface area contributed by atoms with Crippen molar-refractivity contribution in [3.63, 3.8) is 0 Å². The molecule has 1 fully saturated rings. The van der Waals surface area contributed by atoms with Crippen LogP contribution in [0.3, 0.4) is 0 Å². The summed E-state index contributed by atoms with van der Waals surface area (Å²) >= 11 is 0. The molecule has 2 heterocycles. The molecular formula is C19H26N4O2. The van der Waals surface area contributed by atoms with E-state index < -0.39 is 0 Å². The van der Waals surface area contributed by atoms with Crippen molar-refractivity contribution in [3.05, 3.63) is 41.1 Å². The predicted octanol–water partition coefficient (Wildman–Crippen LogP) is 3.49. The summed E-state index contributed by atoms with van der Waals surface area (Å²) in [4.78, 5) is 12.4. The number of rotatable bonds is 4. The van der Waals surface area contributed by atoms with E-state index in [1.807, 2.05) is 19.9 Å². The Labute approximate surface area is 148 Å².